The lowest BCUT2D eigenvalue weighted by molar-refractivity contribution is -0.151. The molecule has 0 aliphatic carbocycles. The van der Waals surface area contributed by atoms with Crippen molar-refractivity contribution >= 4 is 17.7 Å². The van der Waals surface area contributed by atoms with E-state index in [0.717, 1.165) is 0 Å². The Morgan fingerprint density at radius 3 is 2.75 bits per heavy atom. The number of amides is 3. The van der Waals surface area contributed by atoms with E-state index in [9.17, 15) is 14.4 Å². The molecule has 3 rings (SSSR count). The average Bonchev–Trinajstić information content (AvgIpc) is 3.24. The molecular weight excluding hydrogens is 366 g/mol. The van der Waals surface area contributed by atoms with Gasteiger partial charge in [0, 0.05) is 26.7 Å². The topological polar surface area (TPSA) is 109 Å². The number of aromatic nitrogens is 2. The second-order valence-electron chi connectivity index (χ2n) is 7.41. The normalized spacial score (nSPS) is 24.4. The fourth-order valence-corrected chi connectivity index (χ4v) is 4.26. The molecule has 2 aliphatic rings. The van der Waals surface area contributed by atoms with Crippen LogP contribution in [-0.2, 0) is 25.7 Å². The molecule has 0 spiro atoms. The van der Waals surface area contributed by atoms with Crippen molar-refractivity contribution in [3.63, 3.8) is 0 Å². The first-order valence-corrected chi connectivity index (χ1v) is 9.47. The molecule has 2 aliphatic heterocycles. The molecule has 0 radical (unpaired) electrons. The van der Waals surface area contributed by atoms with Crippen LogP contribution in [-0.4, -0.2) is 88.5 Å². The van der Waals surface area contributed by atoms with Gasteiger partial charge >= 0.3 is 0 Å². The molecule has 3 amide bonds. The zero-order chi connectivity index (χ0) is 20.4. The molecule has 2 saturated heterocycles. The number of aryl methyl sites for hydroxylation is 1. The largest absolute Gasteiger partial charge is 0.375 e. The molecule has 0 N–H and O–H groups in total. The quantitative estimate of drug-likeness (QED) is 0.659. The summed E-state index contributed by atoms with van der Waals surface area (Å²) in [4.78, 5) is 47.0. The van der Waals surface area contributed by atoms with Gasteiger partial charge in [0.15, 0.2) is 5.82 Å². The van der Waals surface area contributed by atoms with Crippen molar-refractivity contribution in [2.45, 2.75) is 45.3 Å². The predicted octanol–water partition coefficient (Wildman–Crippen LogP) is -0.179. The third kappa shape index (κ3) is 3.87. The monoisotopic (exact) mass is 393 g/mol. The van der Waals surface area contributed by atoms with E-state index in [-0.39, 0.29) is 55.4 Å². The van der Waals surface area contributed by atoms with E-state index < -0.39 is 0 Å². The number of hydrogen-bond acceptors (Lipinski definition) is 7. The predicted molar refractivity (Wildman–Crippen MR) is 96.8 cm³/mol. The molecule has 154 valence electrons. The number of nitrogens with zero attached hydrogens (tertiary/aromatic N) is 5. The number of ether oxygens (including phenoxy) is 1. The van der Waals surface area contributed by atoms with Gasteiger partial charge in [0.2, 0.25) is 23.6 Å². The smallest absolute Gasteiger partial charge is 0.249 e. The highest BCUT2D eigenvalue weighted by Gasteiger charge is 2.49. The molecule has 10 nitrogen and oxygen atoms in total. The van der Waals surface area contributed by atoms with Gasteiger partial charge in [-0.1, -0.05) is 12.1 Å². The highest BCUT2D eigenvalue weighted by Crippen LogP contribution is 2.36. The van der Waals surface area contributed by atoms with Gasteiger partial charge in [0.05, 0.1) is 25.0 Å². The summed E-state index contributed by atoms with van der Waals surface area (Å²) in [7, 11) is 3.15. The maximum atomic E-state index is 13.1. The first-order valence-electron chi connectivity index (χ1n) is 9.47. The first kappa shape index (κ1) is 20.2. The summed E-state index contributed by atoms with van der Waals surface area (Å²) >= 11 is 0. The third-order valence-electron chi connectivity index (χ3n) is 5.46. The van der Waals surface area contributed by atoms with Crippen LogP contribution < -0.4 is 0 Å². The Morgan fingerprint density at radius 1 is 1.39 bits per heavy atom. The zero-order valence-corrected chi connectivity index (χ0v) is 16.8. The number of rotatable bonds is 6. The van der Waals surface area contributed by atoms with E-state index >= 15 is 0 Å². The van der Waals surface area contributed by atoms with Crippen molar-refractivity contribution in [2.75, 3.05) is 33.9 Å². The molecule has 3 heterocycles. The minimum Gasteiger partial charge on any atom is -0.375 e. The number of hydrogen-bond donors (Lipinski definition) is 0. The number of carbonyl (C=O) groups is 3. The Balaban J connectivity index is 1.71. The van der Waals surface area contributed by atoms with Crippen LogP contribution in [0.25, 0.3) is 0 Å². The lowest BCUT2D eigenvalue weighted by Crippen LogP contribution is -2.58. The van der Waals surface area contributed by atoms with Crippen molar-refractivity contribution in [3.8, 4) is 0 Å². The number of methoxy groups -OCH3 is 1. The van der Waals surface area contributed by atoms with Crippen molar-refractivity contribution in [2.24, 2.45) is 5.92 Å². The Morgan fingerprint density at radius 2 is 2.14 bits per heavy atom. The Labute approximate surface area is 163 Å². The van der Waals surface area contributed by atoms with E-state index in [4.69, 9.17) is 9.26 Å². The van der Waals surface area contributed by atoms with Crippen LogP contribution in [0.1, 0.15) is 31.5 Å². The SMILES string of the molecule is CC[C@@H]1[C@H](C(=O)N(C)Cc2nc(C)no2)C[C@@H]2CN(C(=O)COC)CC(=O)N21. The Bertz CT molecular complexity index is 750. The molecule has 0 unspecified atom stereocenters. The van der Waals surface area contributed by atoms with Crippen LogP contribution in [0.2, 0.25) is 0 Å². The highest BCUT2D eigenvalue weighted by atomic mass is 16.5. The molecular formula is C18H27N5O5. The van der Waals surface area contributed by atoms with Gasteiger partial charge in [-0.2, -0.15) is 4.98 Å². The minimum absolute atomic E-state index is 0.0349. The zero-order valence-electron chi connectivity index (χ0n) is 16.8. The van der Waals surface area contributed by atoms with Crippen molar-refractivity contribution in [1.82, 2.24) is 24.8 Å². The Kier molecular flexibility index (Phi) is 5.97. The van der Waals surface area contributed by atoms with Crippen LogP contribution in [0, 0.1) is 12.8 Å². The van der Waals surface area contributed by atoms with Gasteiger partial charge in [-0.05, 0) is 19.8 Å². The molecule has 1 aromatic heterocycles. The summed E-state index contributed by atoms with van der Waals surface area (Å²) < 4.78 is 10.00. The maximum Gasteiger partial charge on any atom is 0.249 e. The van der Waals surface area contributed by atoms with Crippen LogP contribution in [0.5, 0.6) is 0 Å². The van der Waals surface area contributed by atoms with Gasteiger partial charge in [0.25, 0.3) is 0 Å². The molecule has 10 heteroatoms. The van der Waals surface area contributed by atoms with Gasteiger partial charge in [-0.25, -0.2) is 0 Å². The van der Waals surface area contributed by atoms with Gasteiger partial charge < -0.3 is 24.0 Å². The van der Waals surface area contributed by atoms with Gasteiger partial charge in [0.1, 0.15) is 6.61 Å². The summed E-state index contributed by atoms with van der Waals surface area (Å²) in [5.41, 5.74) is 0. The molecule has 28 heavy (non-hydrogen) atoms. The van der Waals surface area contributed by atoms with Crippen LogP contribution in [0.3, 0.4) is 0 Å². The third-order valence-corrected chi connectivity index (χ3v) is 5.46. The van der Waals surface area contributed by atoms with E-state index in [1.165, 1.54) is 12.0 Å². The van der Waals surface area contributed by atoms with E-state index in [0.29, 0.717) is 31.1 Å². The molecule has 1 aromatic rings. The first-order chi connectivity index (χ1) is 13.3. The summed E-state index contributed by atoms with van der Waals surface area (Å²) in [5.74, 6) is 0.210. The fourth-order valence-electron chi connectivity index (χ4n) is 4.26. The summed E-state index contributed by atoms with van der Waals surface area (Å²) in [6.45, 7) is 4.34. The lowest BCUT2D eigenvalue weighted by Gasteiger charge is -2.39. The fraction of sp³-hybridized carbons (Fsp3) is 0.722. The number of piperazine rings is 1. The van der Waals surface area contributed by atoms with Crippen LogP contribution in [0.4, 0.5) is 0 Å². The average molecular weight is 393 g/mol. The summed E-state index contributed by atoms with van der Waals surface area (Å²) in [6.07, 6.45) is 1.21. The summed E-state index contributed by atoms with van der Waals surface area (Å²) in [6, 6.07) is -0.323. The van der Waals surface area contributed by atoms with Crippen molar-refractivity contribution in [1.29, 1.82) is 0 Å². The van der Waals surface area contributed by atoms with E-state index in [1.807, 2.05) is 11.8 Å². The van der Waals surface area contributed by atoms with Crippen molar-refractivity contribution in [3.05, 3.63) is 11.7 Å². The minimum atomic E-state index is -0.314. The molecule has 3 atom stereocenters. The molecule has 0 saturated carbocycles. The standard InChI is InChI=1S/C18H27N5O5/c1-5-14-13(18(26)21(3)8-15-19-11(2)20-28-15)6-12-7-22(17(25)10-27-4)9-16(24)23(12)14/h12-14H,5-10H2,1-4H3/t12-,13-,14-/m1/s1. The number of carbonyl (C=O) groups excluding carboxylic acids is 3. The Hall–Kier alpha value is -2.49. The molecule has 2 fully saturated rings. The second kappa shape index (κ2) is 8.26. The van der Waals surface area contributed by atoms with Crippen LogP contribution >= 0.6 is 0 Å². The van der Waals surface area contributed by atoms with E-state index in [1.54, 1.807) is 18.9 Å². The second-order valence-corrected chi connectivity index (χ2v) is 7.41. The summed E-state index contributed by atoms with van der Waals surface area (Å²) in [5, 5.41) is 3.74. The van der Waals surface area contributed by atoms with Gasteiger partial charge in [-0.3, -0.25) is 14.4 Å². The number of fused-ring (bicyclic) bond motifs is 1. The molecule has 0 bridgehead atoms. The van der Waals surface area contributed by atoms with E-state index in [2.05, 4.69) is 10.1 Å². The van der Waals surface area contributed by atoms with Crippen molar-refractivity contribution < 1.29 is 23.6 Å². The van der Waals surface area contributed by atoms with Gasteiger partial charge in [-0.15, -0.1) is 0 Å². The lowest BCUT2D eigenvalue weighted by atomic mass is 9.95. The molecule has 0 aromatic carbocycles. The van der Waals surface area contributed by atoms with Crippen LogP contribution in [0.15, 0.2) is 4.52 Å². The highest BCUT2D eigenvalue weighted by molar-refractivity contribution is 5.89. The maximum absolute atomic E-state index is 13.1.